The molecule has 1 aromatic rings. The van der Waals surface area contributed by atoms with Gasteiger partial charge in [-0.2, -0.15) is 0 Å². The van der Waals surface area contributed by atoms with Crippen molar-refractivity contribution in [2.24, 2.45) is 4.99 Å². The van der Waals surface area contributed by atoms with Crippen LogP contribution in [0.15, 0.2) is 23.2 Å². The van der Waals surface area contributed by atoms with Crippen LogP contribution in [0.2, 0.25) is 5.02 Å². The number of hydrogen-bond donors (Lipinski definition) is 1. The molecule has 1 aliphatic heterocycles. The number of fused-ring (bicyclic) bond motifs is 3. The highest BCUT2D eigenvalue weighted by Crippen LogP contribution is 2.49. The molecule has 2 unspecified atom stereocenters. The summed E-state index contributed by atoms with van der Waals surface area (Å²) >= 11 is 7.58. The lowest BCUT2D eigenvalue weighted by Crippen LogP contribution is -2.27. The van der Waals surface area contributed by atoms with E-state index in [4.69, 9.17) is 11.6 Å². The Bertz CT molecular complexity index is 477. The van der Waals surface area contributed by atoms with Crippen molar-refractivity contribution < 1.29 is 5.11 Å². The minimum absolute atomic E-state index is 0. The quantitative estimate of drug-likeness (QED) is 0.790. The van der Waals surface area contributed by atoms with Crippen molar-refractivity contribution >= 4 is 40.8 Å². The van der Waals surface area contributed by atoms with Crippen molar-refractivity contribution in [2.45, 2.75) is 24.3 Å². The van der Waals surface area contributed by atoms with E-state index in [1.54, 1.807) is 11.8 Å². The highest BCUT2D eigenvalue weighted by molar-refractivity contribution is 8.14. The number of thioether (sulfide) groups is 1. The first-order chi connectivity index (χ1) is 7.09. The summed E-state index contributed by atoms with van der Waals surface area (Å²) in [7, 11) is 0. The van der Waals surface area contributed by atoms with Crippen molar-refractivity contribution in [3.05, 3.63) is 34.3 Å². The molecule has 1 N–H and O–H groups in total. The van der Waals surface area contributed by atoms with Crippen LogP contribution in [-0.4, -0.2) is 15.4 Å². The Morgan fingerprint density at radius 3 is 3.06 bits per heavy atom. The highest BCUT2D eigenvalue weighted by atomic mass is 35.5. The molecule has 2 atom stereocenters. The fraction of sp³-hybridized carbons (Fsp3) is 0.364. The summed E-state index contributed by atoms with van der Waals surface area (Å²) in [4.78, 5) is 4.35. The molecule has 0 radical (unpaired) electrons. The molecule has 1 aliphatic carbocycles. The van der Waals surface area contributed by atoms with Crippen LogP contribution in [0, 0.1) is 0 Å². The number of benzene rings is 1. The molecule has 1 aromatic carbocycles. The van der Waals surface area contributed by atoms with Crippen molar-refractivity contribution in [3.8, 4) is 0 Å². The Morgan fingerprint density at radius 1 is 1.56 bits per heavy atom. The van der Waals surface area contributed by atoms with Gasteiger partial charge in [-0.05, 0) is 31.0 Å². The first-order valence-electron chi connectivity index (χ1n) is 4.84. The molecule has 3 rings (SSSR count). The number of aliphatic hydroxyl groups is 1. The normalized spacial score (nSPS) is 30.4. The number of rotatable bonds is 0. The van der Waals surface area contributed by atoms with E-state index in [-0.39, 0.29) is 17.7 Å². The van der Waals surface area contributed by atoms with Crippen molar-refractivity contribution in [2.75, 3.05) is 0 Å². The SMILES string of the molecule is CC1=NC2(O)c3ccc(Cl)cc3CC2S1.Cl. The van der Waals surface area contributed by atoms with Crippen molar-refractivity contribution in [3.63, 3.8) is 0 Å². The van der Waals surface area contributed by atoms with Crippen LogP contribution in [0.4, 0.5) is 0 Å². The van der Waals surface area contributed by atoms with Crippen LogP contribution in [0.5, 0.6) is 0 Å². The third kappa shape index (κ3) is 1.58. The zero-order chi connectivity index (χ0) is 10.6. The standard InChI is InChI=1S/C11H10ClNOS.ClH/c1-6-13-11(14)9-3-2-8(12)4-7(9)5-10(11)15-6;/h2-4,10,14H,5H2,1H3;1H. The van der Waals surface area contributed by atoms with Crippen LogP contribution in [0.25, 0.3) is 0 Å². The Balaban J connectivity index is 0.000000963. The molecule has 1 heterocycles. The summed E-state index contributed by atoms with van der Waals surface area (Å²) in [5.74, 6) is 0. The highest BCUT2D eigenvalue weighted by Gasteiger charge is 2.49. The number of nitrogens with zero attached hydrogens (tertiary/aromatic N) is 1. The van der Waals surface area contributed by atoms with E-state index in [0.717, 1.165) is 27.6 Å². The molecule has 0 saturated heterocycles. The lowest BCUT2D eigenvalue weighted by atomic mass is 10.1. The van der Waals surface area contributed by atoms with Gasteiger partial charge in [0, 0.05) is 10.6 Å². The predicted octanol–water partition coefficient (Wildman–Crippen LogP) is 3.00. The smallest absolute Gasteiger partial charge is 0.196 e. The molecule has 0 aromatic heterocycles. The zero-order valence-electron chi connectivity index (χ0n) is 8.61. The predicted molar refractivity (Wildman–Crippen MR) is 70.8 cm³/mol. The van der Waals surface area contributed by atoms with Crippen LogP contribution < -0.4 is 0 Å². The molecule has 16 heavy (non-hydrogen) atoms. The molecule has 0 amide bonds. The van der Waals surface area contributed by atoms with Gasteiger partial charge in [0.05, 0.1) is 10.3 Å². The van der Waals surface area contributed by atoms with Gasteiger partial charge in [-0.3, -0.25) is 0 Å². The van der Waals surface area contributed by atoms with Crippen LogP contribution in [-0.2, 0) is 12.1 Å². The lowest BCUT2D eigenvalue weighted by Gasteiger charge is -2.19. The molecular formula is C11H11Cl2NOS. The number of aliphatic imine (C=N–C) groups is 1. The second-order valence-corrected chi connectivity index (χ2v) is 5.80. The average molecular weight is 276 g/mol. The second kappa shape index (κ2) is 3.91. The molecule has 86 valence electrons. The van der Waals surface area contributed by atoms with E-state index >= 15 is 0 Å². The molecule has 5 heteroatoms. The fourth-order valence-corrected chi connectivity index (χ4v) is 3.74. The van der Waals surface area contributed by atoms with Crippen molar-refractivity contribution in [1.29, 1.82) is 0 Å². The Labute approximate surface area is 110 Å². The van der Waals surface area contributed by atoms with Gasteiger partial charge in [-0.15, -0.1) is 24.2 Å². The maximum atomic E-state index is 10.5. The monoisotopic (exact) mass is 275 g/mol. The summed E-state index contributed by atoms with van der Waals surface area (Å²) < 4.78 is 0. The maximum absolute atomic E-state index is 10.5. The zero-order valence-corrected chi connectivity index (χ0v) is 11.0. The summed E-state index contributed by atoms with van der Waals surface area (Å²) in [6.07, 6.45) is 0.845. The van der Waals surface area contributed by atoms with E-state index < -0.39 is 5.72 Å². The van der Waals surface area contributed by atoms with E-state index in [9.17, 15) is 5.11 Å². The van der Waals surface area contributed by atoms with Crippen LogP contribution in [0.1, 0.15) is 18.1 Å². The Hall–Kier alpha value is -0.220. The summed E-state index contributed by atoms with van der Waals surface area (Å²) in [6.45, 7) is 1.94. The largest absolute Gasteiger partial charge is 0.365 e. The molecule has 0 bridgehead atoms. The number of halogens is 2. The fourth-order valence-electron chi connectivity index (χ4n) is 2.33. The summed E-state index contributed by atoms with van der Waals surface area (Å²) in [6, 6.07) is 5.63. The van der Waals surface area contributed by atoms with Crippen molar-refractivity contribution in [1.82, 2.24) is 0 Å². The molecule has 0 fully saturated rings. The minimum Gasteiger partial charge on any atom is -0.365 e. The Morgan fingerprint density at radius 2 is 2.31 bits per heavy atom. The minimum atomic E-state index is -1.01. The first-order valence-corrected chi connectivity index (χ1v) is 6.10. The lowest BCUT2D eigenvalue weighted by molar-refractivity contribution is 0.0580. The van der Waals surface area contributed by atoms with Gasteiger partial charge in [0.2, 0.25) is 0 Å². The first kappa shape index (κ1) is 12.2. The third-order valence-corrected chi connectivity index (χ3v) is 4.41. The van der Waals surface area contributed by atoms with E-state index in [2.05, 4.69) is 4.99 Å². The molecule has 2 nitrogen and oxygen atoms in total. The van der Waals surface area contributed by atoms with Gasteiger partial charge < -0.3 is 5.11 Å². The van der Waals surface area contributed by atoms with Gasteiger partial charge >= 0.3 is 0 Å². The Kier molecular flexibility index (Phi) is 2.99. The number of hydrogen-bond acceptors (Lipinski definition) is 3. The summed E-state index contributed by atoms with van der Waals surface area (Å²) in [5, 5.41) is 12.3. The van der Waals surface area contributed by atoms with Crippen LogP contribution in [0.3, 0.4) is 0 Å². The van der Waals surface area contributed by atoms with Gasteiger partial charge in [0.15, 0.2) is 5.72 Å². The summed E-state index contributed by atoms with van der Waals surface area (Å²) in [5.41, 5.74) is 1.04. The topological polar surface area (TPSA) is 32.6 Å². The second-order valence-electron chi connectivity index (χ2n) is 3.97. The van der Waals surface area contributed by atoms with Gasteiger partial charge in [-0.25, -0.2) is 4.99 Å². The third-order valence-electron chi connectivity index (χ3n) is 2.96. The van der Waals surface area contributed by atoms with E-state index in [1.165, 1.54) is 0 Å². The van der Waals surface area contributed by atoms with Gasteiger partial charge in [0.25, 0.3) is 0 Å². The molecular weight excluding hydrogens is 265 g/mol. The van der Waals surface area contributed by atoms with Gasteiger partial charge in [0.1, 0.15) is 0 Å². The molecule has 0 spiro atoms. The average Bonchev–Trinajstić information content (AvgIpc) is 2.53. The molecule has 2 aliphatic rings. The van der Waals surface area contributed by atoms with Crippen LogP contribution >= 0.6 is 35.8 Å². The van der Waals surface area contributed by atoms with E-state index in [0.29, 0.717) is 0 Å². The molecule has 0 saturated carbocycles. The van der Waals surface area contributed by atoms with Gasteiger partial charge in [-0.1, -0.05) is 17.7 Å². The van der Waals surface area contributed by atoms with E-state index in [1.807, 2.05) is 25.1 Å². The maximum Gasteiger partial charge on any atom is 0.196 e.